The maximum atomic E-state index is 12.3. The maximum Gasteiger partial charge on any atom is 0.232 e. The number of methoxy groups -OCH3 is 2. The van der Waals surface area contributed by atoms with Gasteiger partial charge in [0.1, 0.15) is 5.75 Å². The fraction of sp³-hybridized carbons (Fsp3) is 0.286. The molecular formula is C14H14O6. The molecule has 0 unspecified atom stereocenters. The second kappa shape index (κ2) is 6.31. The normalized spacial score (nSPS) is 13.8. The van der Waals surface area contributed by atoms with Crippen molar-refractivity contribution in [3.05, 3.63) is 41.2 Å². The highest BCUT2D eigenvalue weighted by Gasteiger charge is 2.30. The molecule has 1 aliphatic rings. The number of ketones is 2. The van der Waals surface area contributed by atoms with Gasteiger partial charge in [0.05, 0.1) is 5.56 Å². The highest BCUT2D eigenvalue weighted by molar-refractivity contribution is 6.24. The van der Waals surface area contributed by atoms with Gasteiger partial charge in [-0.15, -0.1) is 0 Å². The summed E-state index contributed by atoms with van der Waals surface area (Å²) in [6.07, 6.45) is 1.16. The molecule has 1 aliphatic carbocycles. The fourth-order valence-corrected chi connectivity index (χ4v) is 1.83. The van der Waals surface area contributed by atoms with Gasteiger partial charge in [-0.05, 0) is 6.07 Å². The third kappa shape index (κ3) is 2.71. The Kier molecular flexibility index (Phi) is 4.49. The van der Waals surface area contributed by atoms with Crippen molar-refractivity contribution >= 4 is 11.6 Å². The second-order valence-electron chi connectivity index (χ2n) is 3.98. The Morgan fingerprint density at radius 1 is 1.00 bits per heavy atom. The average Bonchev–Trinajstić information content (AvgIpc) is 2.47. The molecular weight excluding hydrogens is 264 g/mol. The monoisotopic (exact) mass is 278 g/mol. The van der Waals surface area contributed by atoms with Crippen molar-refractivity contribution in [1.82, 2.24) is 0 Å². The number of ether oxygens (including phenoxy) is 4. The van der Waals surface area contributed by atoms with E-state index in [4.69, 9.17) is 18.9 Å². The van der Waals surface area contributed by atoms with E-state index in [1.165, 1.54) is 14.2 Å². The zero-order valence-electron chi connectivity index (χ0n) is 11.2. The lowest BCUT2D eigenvalue weighted by Crippen LogP contribution is -2.20. The third-order valence-electron chi connectivity index (χ3n) is 2.67. The molecule has 0 amide bonds. The van der Waals surface area contributed by atoms with E-state index in [-0.39, 0.29) is 42.0 Å². The van der Waals surface area contributed by atoms with Crippen molar-refractivity contribution in [2.75, 3.05) is 27.8 Å². The topological polar surface area (TPSA) is 71.1 Å². The van der Waals surface area contributed by atoms with Gasteiger partial charge in [0.15, 0.2) is 25.1 Å². The van der Waals surface area contributed by atoms with Gasteiger partial charge in [-0.2, -0.15) is 0 Å². The first-order chi connectivity index (χ1) is 9.69. The van der Waals surface area contributed by atoms with Crippen molar-refractivity contribution < 1.29 is 28.5 Å². The number of benzene rings is 1. The van der Waals surface area contributed by atoms with Crippen molar-refractivity contribution in [3.8, 4) is 5.75 Å². The molecule has 6 nitrogen and oxygen atoms in total. The van der Waals surface area contributed by atoms with Gasteiger partial charge in [-0.1, -0.05) is 12.1 Å². The van der Waals surface area contributed by atoms with Crippen LogP contribution in [0.4, 0.5) is 0 Å². The highest BCUT2D eigenvalue weighted by atomic mass is 16.7. The van der Waals surface area contributed by atoms with E-state index in [9.17, 15) is 9.59 Å². The van der Waals surface area contributed by atoms with Crippen LogP contribution in [0.2, 0.25) is 0 Å². The standard InChI is InChI=1S/C14H14O6/c1-17-7-19-11-5-3-4-9-10(15)6-12(20-8-18-2)14(16)13(9)11/h3-6H,7-8H2,1-2H3. The summed E-state index contributed by atoms with van der Waals surface area (Å²) in [6.45, 7) is -0.128. The minimum atomic E-state index is -0.414. The van der Waals surface area contributed by atoms with E-state index in [0.717, 1.165) is 6.08 Å². The molecule has 1 aromatic carbocycles. The number of Topliss-reactive ketones (excluding diaryl/α,β-unsaturated/α-hetero) is 1. The Balaban J connectivity index is 2.37. The van der Waals surface area contributed by atoms with Gasteiger partial charge >= 0.3 is 0 Å². The van der Waals surface area contributed by atoms with E-state index in [2.05, 4.69) is 0 Å². The maximum absolute atomic E-state index is 12.3. The van der Waals surface area contributed by atoms with E-state index in [0.29, 0.717) is 0 Å². The van der Waals surface area contributed by atoms with Crippen molar-refractivity contribution in [3.63, 3.8) is 0 Å². The lowest BCUT2D eigenvalue weighted by atomic mass is 9.93. The van der Waals surface area contributed by atoms with E-state index in [1.54, 1.807) is 18.2 Å². The Morgan fingerprint density at radius 2 is 1.70 bits per heavy atom. The van der Waals surface area contributed by atoms with Gasteiger partial charge in [0, 0.05) is 25.9 Å². The minimum absolute atomic E-state index is 0.0180. The van der Waals surface area contributed by atoms with Crippen LogP contribution >= 0.6 is 0 Å². The summed E-state index contributed by atoms with van der Waals surface area (Å²) in [6, 6.07) is 4.81. The van der Waals surface area contributed by atoms with Crippen molar-refractivity contribution in [1.29, 1.82) is 0 Å². The summed E-state index contributed by atoms with van der Waals surface area (Å²) in [7, 11) is 2.89. The molecule has 0 radical (unpaired) electrons. The molecule has 0 aliphatic heterocycles. The molecule has 0 saturated heterocycles. The van der Waals surface area contributed by atoms with Crippen LogP contribution in [0.1, 0.15) is 20.7 Å². The van der Waals surface area contributed by atoms with Gasteiger partial charge in [0.25, 0.3) is 0 Å². The van der Waals surface area contributed by atoms with Gasteiger partial charge in [0.2, 0.25) is 5.78 Å². The largest absolute Gasteiger partial charge is 0.467 e. The predicted molar refractivity (Wildman–Crippen MR) is 68.7 cm³/mol. The molecule has 1 aromatic rings. The Bertz CT molecular complexity index is 561. The van der Waals surface area contributed by atoms with Crippen LogP contribution in [0.15, 0.2) is 30.0 Å². The minimum Gasteiger partial charge on any atom is -0.467 e. The second-order valence-corrected chi connectivity index (χ2v) is 3.98. The molecule has 0 heterocycles. The van der Waals surface area contributed by atoms with Crippen LogP contribution in [0.3, 0.4) is 0 Å². The van der Waals surface area contributed by atoms with Gasteiger partial charge in [-0.3, -0.25) is 9.59 Å². The molecule has 0 saturated carbocycles. The lowest BCUT2D eigenvalue weighted by Gasteiger charge is -2.18. The smallest absolute Gasteiger partial charge is 0.232 e. The summed E-state index contributed by atoms with van der Waals surface area (Å²) >= 11 is 0. The fourth-order valence-electron chi connectivity index (χ4n) is 1.83. The highest BCUT2D eigenvalue weighted by Crippen LogP contribution is 2.30. The van der Waals surface area contributed by atoms with Gasteiger partial charge < -0.3 is 18.9 Å². The number of fused-ring (bicyclic) bond motifs is 1. The average molecular weight is 278 g/mol. The molecule has 0 fully saturated rings. The summed E-state index contributed by atoms with van der Waals surface area (Å²) in [5.74, 6) is -0.496. The summed E-state index contributed by atoms with van der Waals surface area (Å²) in [4.78, 5) is 24.3. The first-order valence-electron chi connectivity index (χ1n) is 5.86. The van der Waals surface area contributed by atoms with Crippen LogP contribution in [0.25, 0.3) is 0 Å². The summed E-state index contributed by atoms with van der Waals surface area (Å²) in [5, 5.41) is 0. The van der Waals surface area contributed by atoms with Crippen molar-refractivity contribution in [2.24, 2.45) is 0 Å². The van der Waals surface area contributed by atoms with E-state index < -0.39 is 5.78 Å². The zero-order valence-corrected chi connectivity index (χ0v) is 11.2. The number of allylic oxidation sites excluding steroid dienone is 2. The molecule has 106 valence electrons. The van der Waals surface area contributed by atoms with Crippen LogP contribution in [-0.4, -0.2) is 39.4 Å². The molecule has 0 aromatic heterocycles. The first kappa shape index (κ1) is 14.2. The molecule has 0 bridgehead atoms. The first-order valence-corrected chi connectivity index (χ1v) is 5.86. The van der Waals surface area contributed by atoms with Crippen LogP contribution in [-0.2, 0) is 14.2 Å². The molecule has 20 heavy (non-hydrogen) atoms. The quantitative estimate of drug-likeness (QED) is 0.735. The van der Waals surface area contributed by atoms with E-state index >= 15 is 0 Å². The van der Waals surface area contributed by atoms with Crippen LogP contribution in [0, 0.1) is 0 Å². The molecule has 6 heteroatoms. The zero-order chi connectivity index (χ0) is 14.5. The third-order valence-corrected chi connectivity index (χ3v) is 2.67. The number of hydrogen-bond donors (Lipinski definition) is 0. The SMILES string of the molecule is COCOC1=CC(=O)c2cccc(OCOC)c2C1=O. The summed E-state index contributed by atoms with van der Waals surface area (Å²) < 4.78 is 20.0. The van der Waals surface area contributed by atoms with Gasteiger partial charge in [-0.25, -0.2) is 0 Å². The lowest BCUT2D eigenvalue weighted by molar-refractivity contribution is 0.00443. The molecule has 0 atom stereocenters. The molecule has 0 N–H and O–H groups in total. The van der Waals surface area contributed by atoms with E-state index in [1.807, 2.05) is 0 Å². The van der Waals surface area contributed by atoms with Crippen molar-refractivity contribution in [2.45, 2.75) is 0 Å². The molecule has 0 spiro atoms. The number of rotatable bonds is 6. The predicted octanol–water partition coefficient (Wildman–Crippen LogP) is 1.55. The molecule has 2 rings (SSSR count). The number of carbonyl (C=O) groups excluding carboxylic acids is 2. The Morgan fingerprint density at radius 3 is 2.40 bits per heavy atom. The number of hydrogen-bond acceptors (Lipinski definition) is 6. The van der Waals surface area contributed by atoms with Crippen LogP contribution < -0.4 is 4.74 Å². The Hall–Kier alpha value is -2.18. The summed E-state index contributed by atoms with van der Waals surface area (Å²) in [5.41, 5.74) is 0.469. The Labute approximate surface area is 115 Å². The number of carbonyl (C=O) groups is 2. The van der Waals surface area contributed by atoms with Crippen LogP contribution in [0.5, 0.6) is 5.75 Å².